The molecule has 0 atom stereocenters. The molecule has 2 fully saturated rings. The predicted molar refractivity (Wildman–Crippen MR) is 82.1 cm³/mol. The standard InChI is InChI=1S/C16H30N2O3/c1-16(2,3)21-15(20)18-13-8-12(9-13)17-10-11-4-6-14(19)7-5-11/h11-14,17,19H,4-10H2,1-3H3,(H,18,20). The van der Waals surface area contributed by atoms with Crippen LogP contribution >= 0.6 is 0 Å². The van der Waals surface area contributed by atoms with Gasteiger partial charge in [-0.05, 0) is 71.8 Å². The van der Waals surface area contributed by atoms with Crippen LogP contribution < -0.4 is 10.6 Å². The summed E-state index contributed by atoms with van der Waals surface area (Å²) in [5.41, 5.74) is -0.434. The Balaban J connectivity index is 1.54. The van der Waals surface area contributed by atoms with Gasteiger partial charge in [-0.1, -0.05) is 0 Å². The maximum absolute atomic E-state index is 11.6. The molecule has 5 heteroatoms. The van der Waals surface area contributed by atoms with Crippen molar-refractivity contribution in [2.45, 2.75) is 83.1 Å². The van der Waals surface area contributed by atoms with Crippen LogP contribution in [0.4, 0.5) is 4.79 Å². The van der Waals surface area contributed by atoms with E-state index in [1.54, 1.807) is 0 Å². The molecule has 0 bridgehead atoms. The zero-order valence-electron chi connectivity index (χ0n) is 13.5. The van der Waals surface area contributed by atoms with Crippen LogP contribution in [0.3, 0.4) is 0 Å². The molecule has 21 heavy (non-hydrogen) atoms. The Bertz CT molecular complexity index is 340. The Morgan fingerprint density at radius 3 is 2.33 bits per heavy atom. The fraction of sp³-hybridized carbons (Fsp3) is 0.938. The van der Waals surface area contributed by atoms with Gasteiger partial charge >= 0.3 is 6.09 Å². The SMILES string of the molecule is CC(C)(C)OC(=O)NC1CC(NCC2CCC(O)CC2)C1. The van der Waals surface area contributed by atoms with Crippen molar-refractivity contribution in [3.8, 4) is 0 Å². The minimum atomic E-state index is -0.434. The average Bonchev–Trinajstić information content (AvgIpc) is 2.31. The second-order valence-electron chi connectivity index (χ2n) is 7.59. The van der Waals surface area contributed by atoms with Gasteiger partial charge in [0, 0.05) is 12.1 Å². The van der Waals surface area contributed by atoms with Crippen molar-refractivity contribution < 1.29 is 14.6 Å². The number of hydrogen-bond acceptors (Lipinski definition) is 4. The molecule has 0 aromatic heterocycles. The zero-order chi connectivity index (χ0) is 15.5. The van der Waals surface area contributed by atoms with Crippen LogP contribution in [-0.2, 0) is 4.74 Å². The van der Waals surface area contributed by atoms with E-state index >= 15 is 0 Å². The highest BCUT2D eigenvalue weighted by Crippen LogP contribution is 2.25. The van der Waals surface area contributed by atoms with E-state index in [9.17, 15) is 9.90 Å². The number of nitrogens with one attached hydrogen (secondary N) is 2. The lowest BCUT2D eigenvalue weighted by atomic mass is 9.84. The van der Waals surface area contributed by atoms with E-state index in [-0.39, 0.29) is 18.2 Å². The lowest BCUT2D eigenvalue weighted by molar-refractivity contribution is 0.0463. The molecule has 0 unspecified atom stereocenters. The third kappa shape index (κ3) is 5.83. The van der Waals surface area contributed by atoms with Gasteiger partial charge in [-0.15, -0.1) is 0 Å². The molecule has 0 aliphatic heterocycles. The summed E-state index contributed by atoms with van der Waals surface area (Å²) >= 11 is 0. The van der Waals surface area contributed by atoms with Gasteiger partial charge in [0.15, 0.2) is 0 Å². The third-order valence-electron chi connectivity index (χ3n) is 4.37. The van der Waals surface area contributed by atoms with Gasteiger partial charge in [0.25, 0.3) is 0 Å². The summed E-state index contributed by atoms with van der Waals surface area (Å²) in [6.45, 7) is 6.66. The van der Waals surface area contributed by atoms with Crippen LogP contribution in [0.25, 0.3) is 0 Å². The first-order chi connectivity index (χ1) is 9.82. The molecule has 1 amide bonds. The number of ether oxygens (including phenoxy) is 1. The number of rotatable bonds is 4. The number of carbonyl (C=O) groups excluding carboxylic acids is 1. The molecule has 2 aliphatic rings. The first kappa shape index (κ1) is 16.6. The Labute approximate surface area is 127 Å². The number of amides is 1. The fourth-order valence-corrected chi connectivity index (χ4v) is 3.06. The monoisotopic (exact) mass is 298 g/mol. The van der Waals surface area contributed by atoms with E-state index in [1.165, 1.54) is 0 Å². The second-order valence-corrected chi connectivity index (χ2v) is 7.59. The quantitative estimate of drug-likeness (QED) is 0.744. The van der Waals surface area contributed by atoms with Crippen molar-refractivity contribution >= 4 is 6.09 Å². The van der Waals surface area contributed by atoms with Crippen LogP contribution in [0.2, 0.25) is 0 Å². The van der Waals surface area contributed by atoms with Gasteiger partial charge in [-0.3, -0.25) is 0 Å². The summed E-state index contributed by atoms with van der Waals surface area (Å²) in [4.78, 5) is 11.6. The highest BCUT2D eigenvalue weighted by molar-refractivity contribution is 5.68. The van der Waals surface area contributed by atoms with E-state index in [2.05, 4.69) is 10.6 Å². The Kier molecular flexibility index (Phi) is 5.49. The van der Waals surface area contributed by atoms with E-state index < -0.39 is 5.60 Å². The summed E-state index contributed by atoms with van der Waals surface area (Å²) < 4.78 is 5.25. The van der Waals surface area contributed by atoms with Crippen molar-refractivity contribution in [2.24, 2.45) is 5.92 Å². The molecule has 0 saturated heterocycles. The largest absolute Gasteiger partial charge is 0.444 e. The predicted octanol–water partition coefficient (Wildman–Crippen LogP) is 2.18. The van der Waals surface area contributed by atoms with E-state index in [4.69, 9.17) is 4.74 Å². The number of carbonyl (C=O) groups is 1. The molecule has 2 saturated carbocycles. The Morgan fingerprint density at radius 2 is 1.76 bits per heavy atom. The molecule has 3 N–H and O–H groups in total. The molecule has 0 aromatic carbocycles. The number of alkyl carbamates (subject to hydrolysis) is 1. The topological polar surface area (TPSA) is 70.6 Å². The molecule has 0 radical (unpaired) electrons. The molecule has 0 heterocycles. The van der Waals surface area contributed by atoms with Gasteiger partial charge in [-0.2, -0.15) is 0 Å². The van der Waals surface area contributed by atoms with Crippen molar-refractivity contribution in [2.75, 3.05) is 6.54 Å². The zero-order valence-corrected chi connectivity index (χ0v) is 13.5. The Morgan fingerprint density at radius 1 is 1.14 bits per heavy atom. The maximum Gasteiger partial charge on any atom is 0.407 e. The average molecular weight is 298 g/mol. The molecule has 2 rings (SSSR count). The van der Waals surface area contributed by atoms with Crippen molar-refractivity contribution in [1.29, 1.82) is 0 Å². The third-order valence-corrected chi connectivity index (χ3v) is 4.37. The molecule has 122 valence electrons. The van der Waals surface area contributed by atoms with Crippen LogP contribution in [0, 0.1) is 5.92 Å². The minimum absolute atomic E-state index is 0.0765. The molecule has 0 spiro atoms. The summed E-state index contributed by atoms with van der Waals surface area (Å²) in [5, 5.41) is 16.0. The Hall–Kier alpha value is -0.810. The smallest absolute Gasteiger partial charge is 0.407 e. The van der Waals surface area contributed by atoms with Gasteiger partial charge in [0.05, 0.1) is 6.10 Å². The van der Waals surface area contributed by atoms with E-state index in [0.29, 0.717) is 12.0 Å². The van der Waals surface area contributed by atoms with Crippen LogP contribution in [0.5, 0.6) is 0 Å². The van der Waals surface area contributed by atoms with Gasteiger partial charge in [-0.25, -0.2) is 4.79 Å². The second kappa shape index (κ2) is 6.97. The van der Waals surface area contributed by atoms with Crippen molar-refractivity contribution in [1.82, 2.24) is 10.6 Å². The van der Waals surface area contributed by atoms with Crippen molar-refractivity contribution in [3.05, 3.63) is 0 Å². The van der Waals surface area contributed by atoms with Crippen molar-refractivity contribution in [3.63, 3.8) is 0 Å². The minimum Gasteiger partial charge on any atom is -0.444 e. The van der Waals surface area contributed by atoms with Crippen LogP contribution in [0.1, 0.15) is 59.3 Å². The van der Waals surface area contributed by atoms with Gasteiger partial charge in [0.2, 0.25) is 0 Å². The van der Waals surface area contributed by atoms with E-state index in [0.717, 1.165) is 45.1 Å². The molecule has 0 aromatic rings. The maximum atomic E-state index is 11.6. The van der Waals surface area contributed by atoms with Gasteiger partial charge < -0.3 is 20.5 Å². The molecular weight excluding hydrogens is 268 g/mol. The first-order valence-electron chi connectivity index (χ1n) is 8.23. The van der Waals surface area contributed by atoms with Crippen LogP contribution in [0.15, 0.2) is 0 Å². The lowest BCUT2D eigenvalue weighted by Crippen LogP contribution is -2.53. The fourth-order valence-electron chi connectivity index (χ4n) is 3.06. The summed E-state index contributed by atoms with van der Waals surface area (Å²) in [6.07, 6.45) is 5.71. The normalized spacial score (nSPS) is 33.1. The number of aliphatic hydroxyl groups excluding tert-OH is 1. The molecular formula is C16H30N2O3. The summed E-state index contributed by atoms with van der Waals surface area (Å²) in [6, 6.07) is 0.752. The highest BCUT2D eigenvalue weighted by Gasteiger charge is 2.32. The first-order valence-corrected chi connectivity index (χ1v) is 8.23. The lowest BCUT2D eigenvalue weighted by Gasteiger charge is -2.38. The molecule has 2 aliphatic carbocycles. The van der Waals surface area contributed by atoms with Gasteiger partial charge in [0.1, 0.15) is 5.60 Å². The summed E-state index contributed by atoms with van der Waals surface area (Å²) in [5.74, 6) is 0.700. The van der Waals surface area contributed by atoms with Crippen LogP contribution in [-0.4, -0.2) is 41.5 Å². The van der Waals surface area contributed by atoms with E-state index in [1.807, 2.05) is 20.8 Å². The number of hydrogen-bond donors (Lipinski definition) is 3. The summed E-state index contributed by atoms with van der Waals surface area (Å²) in [7, 11) is 0. The molecule has 5 nitrogen and oxygen atoms in total. The number of aliphatic hydroxyl groups is 1. The highest BCUT2D eigenvalue weighted by atomic mass is 16.6.